The van der Waals surface area contributed by atoms with Crippen molar-refractivity contribution in [2.75, 3.05) is 13.6 Å². The maximum absolute atomic E-state index is 12.1. The van der Waals surface area contributed by atoms with Gasteiger partial charge in [0.1, 0.15) is 0 Å². The second kappa shape index (κ2) is 8.34. The summed E-state index contributed by atoms with van der Waals surface area (Å²) in [6, 6.07) is 16.6. The summed E-state index contributed by atoms with van der Waals surface area (Å²) >= 11 is 5.97. The molecule has 120 valence electrons. The number of amides is 2. The Kier molecular flexibility index (Phi) is 6.18. The molecule has 0 aliphatic carbocycles. The molecule has 0 atom stereocenters. The van der Waals surface area contributed by atoms with E-state index in [1.807, 2.05) is 30.3 Å². The van der Waals surface area contributed by atoms with Gasteiger partial charge in [-0.2, -0.15) is 0 Å². The van der Waals surface area contributed by atoms with E-state index >= 15 is 0 Å². The number of rotatable bonds is 6. The van der Waals surface area contributed by atoms with Gasteiger partial charge in [-0.1, -0.05) is 54.1 Å². The summed E-state index contributed by atoms with van der Waals surface area (Å²) in [4.78, 5) is 25.7. The Balaban J connectivity index is 1.78. The summed E-state index contributed by atoms with van der Waals surface area (Å²) < 4.78 is 0. The van der Waals surface area contributed by atoms with Crippen LogP contribution in [0.3, 0.4) is 0 Å². The average Bonchev–Trinajstić information content (AvgIpc) is 2.56. The average molecular weight is 331 g/mol. The minimum Gasteiger partial charge on any atom is -0.351 e. The maximum atomic E-state index is 12.1. The molecule has 0 bridgehead atoms. The van der Waals surface area contributed by atoms with E-state index in [1.54, 1.807) is 36.2 Å². The first-order valence-corrected chi connectivity index (χ1v) is 7.76. The number of hydrogen-bond donors (Lipinski definition) is 1. The zero-order valence-corrected chi connectivity index (χ0v) is 13.7. The van der Waals surface area contributed by atoms with Crippen LogP contribution in [0.5, 0.6) is 0 Å². The van der Waals surface area contributed by atoms with Gasteiger partial charge in [0.25, 0.3) is 5.91 Å². The number of carbonyl (C=O) groups is 2. The van der Waals surface area contributed by atoms with Gasteiger partial charge in [-0.3, -0.25) is 9.59 Å². The van der Waals surface area contributed by atoms with Gasteiger partial charge in [0.2, 0.25) is 5.91 Å². The van der Waals surface area contributed by atoms with Crippen LogP contribution in [0.15, 0.2) is 54.6 Å². The number of nitrogens with zero attached hydrogens (tertiary/aromatic N) is 1. The van der Waals surface area contributed by atoms with Gasteiger partial charge in [-0.15, -0.1) is 0 Å². The minimum absolute atomic E-state index is 0.0201. The summed E-state index contributed by atoms with van der Waals surface area (Å²) in [5.74, 6) is -0.289. The standard InChI is InChI=1S/C18H19ClN2O2/c1-21(13-14-7-3-2-4-8-14)17(22)11-12-20-18(23)15-9-5-6-10-16(15)19/h2-10H,11-13H2,1H3,(H,20,23). The van der Waals surface area contributed by atoms with Crippen LogP contribution in [-0.2, 0) is 11.3 Å². The Morgan fingerprint density at radius 3 is 2.39 bits per heavy atom. The Morgan fingerprint density at radius 1 is 1.04 bits per heavy atom. The van der Waals surface area contributed by atoms with Crippen LogP contribution >= 0.6 is 11.6 Å². The van der Waals surface area contributed by atoms with E-state index in [0.29, 0.717) is 17.1 Å². The molecule has 0 aliphatic heterocycles. The number of benzene rings is 2. The first-order chi connectivity index (χ1) is 11.1. The molecule has 0 saturated heterocycles. The number of carbonyl (C=O) groups excluding carboxylic acids is 2. The van der Waals surface area contributed by atoms with E-state index in [9.17, 15) is 9.59 Å². The van der Waals surface area contributed by atoms with Gasteiger partial charge in [-0.05, 0) is 17.7 Å². The van der Waals surface area contributed by atoms with Gasteiger partial charge >= 0.3 is 0 Å². The molecule has 23 heavy (non-hydrogen) atoms. The van der Waals surface area contributed by atoms with Gasteiger partial charge in [0.05, 0.1) is 10.6 Å². The molecule has 2 aromatic rings. The Bertz CT molecular complexity index is 674. The molecule has 0 saturated carbocycles. The van der Waals surface area contributed by atoms with E-state index in [1.165, 1.54) is 0 Å². The second-order valence-electron chi connectivity index (χ2n) is 5.22. The topological polar surface area (TPSA) is 49.4 Å². The Labute approximate surface area is 141 Å². The molecule has 0 fully saturated rings. The van der Waals surface area contributed by atoms with Crippen molar-refractivity contribution in [1.82, 2.24) is 10.2 Å². The molecule has 1 N–H and O–H groups in total. The van der Waals surface area contributed by atoms with Crippen LogP contribution in [0, 0.1) is 0 Å². The predicted molar refractivity (Wildman–Crippen MR) is 91.3 cm³/mol. The molecular formula is C18H19ClN2O2. The van der Waals surface area contributed by atoms with Crippen molar-refractivity contribution in [2.24, 2.45) is 0 Å². The van der Waals surface area contributed by atoms with E-state index < -0.39 is 0 Å². The monoisotopic (exact) mass is 330 g/mol. The Hall–Kier alpha value is -2.33. The quantitative estimate of drug-likeness (QED) is 0.884. The first-order valence-electron chi connectivity index (χ1n) is 7.38. The highest BCUT2D eigenvalue weighted by molar-refractivity contribution is 6.33. The Morgan fingerprint density at radius 2 is 1.70 bits per heavy atom. The lowest BCUT2D eigenvalue weighted by molar-refractivity contribution is -0.130. The first kappa shape index (κ1) is 17.0. The van der Waals surface area contributed by atoms with Gasteiger partial charge in [-0.25, -0.2) is 0 Å². The van der Waals surface area contributed by atoms with Crippen LogP contribution in [0.1, 0.15) is 22.3 Å². The van der Waals surface area contributed by atoms with Crippen LogP contribution in [0.4, 0.5) is 0 Å². The zero-order chi connectivity index (χ0) is 16.7. The largest absolute Gasteiger partial charge is 0.351 e. The van der Waals surface area contributed by atoms with Gasteiger partial charge < -0.3 is 10.2 Å². The zero-order valence-electron chi connectivity index (χ0n) is 13.0. The highest BCUT2D eigenvalue weighted by Crippen LogP contribution is 2.14. The van der Waals surface area contributed by atoms with Crippen molar-refractivity contribution in [2.45, 2.75) is 13.0 Å². The molecule has 5 heteroatoms. The van der Waals surface area contributed by atoms with Crippen molar-refractivity contribution in [3.63, 3.8) is 0 Å². The maximum Gasteiger partial charge on any atom is 0.252 e. The van der Waals surface area contributed by atoms with Gasteiger partial charge in [0.15, 0.2) is 0 Å². The van der Waals surface area contributed by atoms with E-state index in [2.05, 4.69) is 5.32 Å². The molecule has 0 aliphatic rings. The normalized spacial score (nSPS) is 10.2. The SMILES string of the molecule is CN(Cc1ccccc1)C(=O)CCNC(=O)c1ccccc1Cl. The highest BCUT2D eigenvalue weighted by Gasteiger charge is 2.12. The molecule has 2 aromatic carbocycles. The lowest BCUT2D eigenvalue weighted by Crippen LogP contribution is -2.32. The summed E-state index contributed by atoms with van der Waals surface area (Å²) in [6.45, 7) is 0.833. The summed E-state index contributed by atoms with van der Waals surface area (Å²) in [6.07, 6.45) is 0.250. The number of nitrogens with one attached hydrogen (secondary N) is 1. The smallest absolute Gasteiger partial charge is 0.252 e. The molecule has 0 radical (unpaired) electrons. The van der Waals surface area contributed by atoms with Crippen molar-refractivity contribution < 1.29 is 9.59 Å². The van der Waals surface area contributed by atoms with Crippen LogP contribution in [-0.4, -0.2) is 30.3 Å². The van der Waals surface area contributed by atoms with Gasteiger partial charge in [0, 0.05) is 26.6 Å². The predicted octanol–water partition coefficient (Wildman–Crippen LogP) is 3.12. The third-order valence-corrected chi connectivity index (χ3v) is 3.76. The fraction of sp³-hybridized carbons (Fsp3) is 0.222. The summed E-state index contributed by atoms with van der Waals surface area (Å²) in [5.41, 5.74) is 1.49. The summed E-state index contributed by atoms with van der Waals surface area (Å²) in [7, 11) is 1.76. The molecule has 2 rings (SSSR count). The van der Waals surface area contributed by atoms with E-state index in [4.69, 9.17) is 11.6 Å². The fourth-order valence-electron chi connectivity index (χ4n) is 2.16. The van der Waals surface area contributed by atoms with Crippen molar-refractivity contribution >= 4 is 23.4 Å². The highest BCUT2D eigenvalue weighted by atomic mass is 35.5. The van der Waals surface area contributed by atoms with E-state index in [-0.39, 0.29) is 24.8 Å². The molecule has 0 unspecified atom stereocenters. The molecule has 4 nitrogen and oxygen atoms in total. The van der Waals surface area contributed by atoms with E-state index in [0.717, 1.165) is 5.56 Å². The van der Waals surface area contributed by atoms with Crippen molar-refractivity contribution in [1.29, 1.82) is 0 Å². The third-order valence-electron chi connectivity index (χ3n) is 3.43. The third kappa shape index (κ3) is 5.11. The fourth-order valence-corrected chi connectivity index (χ4v) is 2.38. The lowest BCUT2D eigenvalue weighted by atomic mass is 10.2. The molecular weight excluding hydrogens is 312 g/mol. The lowest BCUT2D eigenvalue weighted by Gasteiger charge is -2.17. The molecule has 0 aromatic heterocycles. The molecule has 0 heterocycles. The van der Waals surface area contributed by atoms with Crippen LogP contribution < -0.4 is 5.32 Å². The molecule has 2 amide bonds. The molecule has 0 spiro atoms. The second-order valence-corrected chi connectivity index (χ2v) is 5.63. The van der Waals surface area contributed by atoms with Crippen molar-refractivity contribution in [3.8, 4) is 0 Å². The number of halogens is 1. The van der Waals surface area contributed by atoms with Crippen molar-refractivity contribution in [3.05, 3.63) is 70.7 Å². The number of hydrogen-bond acceptors (Lipinski definition) is 2. The van der Waals surface area contributed by atoms with Crippen LogP contribution in [0.2, 0.25) is 5.02 Å². The van der Waals surface area contributed by atoms with Crippen LogP contribution in [0.25, 0.3) is 0 Å². The minimum atomic E-state index is -0.269. The summed E-state index contributed by atoms with van der Waals surface area (Å²) in [5, 5.41) is 3.12.